The molecule has 2 aromatic carbocycles. The largest absolute Gasteiger partial charge is 0.493 e. The van der Waals surface area contributed by atoms with Gasteiger partial charge in [0.1, 0.15) is 5.75 Å². The lowest BCUT2D eigenvalue weighted by Gasteiger charge is -2.30. The quantitative estimate of drug-likeness (QED) is 0.672. The van der Waals surface area contributed by atoms with Gasteiger partial charge in [-0.15, -0.1) is 0 Å². The number of nitrogens with one attached hydrogen (secondary N) is 2. The number of fused-ring (bicyclic) bond motifs is 4. The van der Waals surface area contributed by atoms with Gasteiger partial charge in [0, 0.05) is 28.9 Å². The molecular weight excluding hydrogens is 332 g/mol. The lowest BCUT2D eigenvalue weighted by atomic mass is 9.85. The van der Waals surface area contributed by atoms with Gasteiger partial charge in [0.05, 0.1) is 12.6 Å². The molecule has 0 bridgehead atoms. The number of aromatic nitrogens is 1. The van der Waals surface area contributed by atoms with Crippen LogP contribution in [0.15, 0.2) is 36.4 Å². The highest BCUT2D eigenvalue weighted by atomic mass is 16.5. The maximum atomic E-state index is 5.99. The van der Waals surface area contributed by atoms with Crippen molar-refractivity contribution in [3.8, 4) is 5.75 Å². The Hall–Kier alpha value is -2.26. The summed E-state index contributed by atoms with van der Waals surface area (Å²) in [4.78, 5) is 3.75. The molecule has 0 spiro atoms. The van der Waals surface area contributed by atoms with Crippen LogP contribution >= 0.6 is 0 Å². The van der Waals surface area contributed by atoms with Crippen LogP contribution in [-0.2, 0) is 12.8 Å². The van der Waals surface area contributed by atoms with Crippen molar-refractivity contribution in [1.29, 1.82) is 0 Å². The lowest BCUT2D eigenvalue weighted by molar-refractivity contribution is 0.345. The topological polar surface area (TPSA) is 37.0 Å². The zero-order valence-corrected chi connectivity index (χ0v) is 16.4. The number of benzene rings is 2. The molecule has 2 atom stereocenters. The van der Waals surface area contributed by atoms with Crippen molar-refractivity contribution in [2.24, 2.45) is 0 Å². The molecule has 0 amide bonds. The van der Waals surface area contributed by atoms with Gasteiger partial charge in [0.2, 0.25) is 0 Å². The molecule has 2 N–H and O–H groups in total. The van der Waals surface area contributed by atoms with Crippen LogP contribution in [0.25, 0.3) is 10.9 Å². The number of ether oxygens (including phenoxy) is 1. The van der Waals surface area contributed by atoms with Crippen molar-refractivity contribution in [2.75, 3.05) is 13.2 Å². The third kappa shape index (κ3) is 2.68. The highest BCUT2D eigenvalue weighted by Gasteiger charge is 2.31. The minimum atomic E-state index is 0.291. The van der Waals surface area contributed by atoms with Gasteiger partial charge in [0.15, 0.2) is 0 Å². The molecular formula is C24H28N2O. The summed E-state index contributed by atoms with van der Waals surface area (Å²) in [5, 5.41) is 5.18. The van der Waals surface area contributed by atoms with Crippen molar-refractivity contribution < 1.29 is 4.74 Å². The van der Waals surface area contributed by atoms with Gasteiger partial charge in [-0.2, -0.15) is 0 Å². The van der Waals surface area contributed by atoms with E-state index in [0.29, 0.717) is 17.9 Å². The molecule has 27 heavy (non-hydrogen) atoms. The summed E-state index contributed by atoms with van der Waals surface area (Å²) in [6, 6.07) is 13.8. The van der Waals surface area contributed by atoms with Gasteiger partial charge >= 0.3 is 0 Å². The molecule has 1 aromatic heterocycles. The van der Waals surface area contributed by atoms with Crippen LogP contribution in [0.1, 0.15) is 66.6 Å². The Morgan fingerprint density at radius 1 is 1.07 bits per heavy atom. The van der Waals surface area contributed by atoms with Crippen molar-refractivity contribution >= 4 is 10.9 Å². The minimum Gasteiger partial charge on any atom is -0.493 e. The maximum absolute atomic E-state index is 5.99. The molecule has 5 rings (SSSR count). The van der Waals surface area contributed by atoms with Crippen LogP contribution in [0.2, 0.25) is 0 Å². The summed E-state index contributed by atoms with van der Waals surface area (Å²) in [6.07, 6.45) is 2.12. The number of rotatable bonds is 3. The Labute approximate surface area is 161 Å². The van der Waals surface area contributed by atoms with E-state index in [0.717, 1.165) is 31.7 Å². The Kier molecular flexibility index (Phi) is 4.01. The van der Waals surface area contributed by atoms with Crippen LogP contribution < -0.4 is 10.1 Å². The Bertz CT molecular complexity index is 1000. The van der Waals surface area contributed by atoms with Crippen molar-refractivity contribution in [3.05, 3.63) is 64.3 Å². The van der Waals surface area contributed by atoms with E-state index < -0.39 is 0 Å². The van der Waals surface area contributed by atoms with E-state index in [1.54, 1.807) is 0 Å². The molecule has 3 aromatic rings. The predicted molar refractivity (Wildman–Crippen MR) is 111 cm³/mol. The molecule has 0 radical (unpaired) electrons. The van der Waals surface area contributed by atoms with Crippen molar-refractivity contribution in [1.82, 2.24) is 10.3 Å². The molecule has 3 heterocycles. The molecule has 2 aliphatic rings. The summed E-state index contributed by atoms with van der Waals surface area (Å²) in [5.41, 5.74) is 8.23. The summed E-state index contributed by atoms with van der Waals surface area (Å²) in [7, 11) is 0. The predicted octanol–water partition coefficient (Wildman–Crippen LogP) is 5.22. The third-order valence-electron chi connectivity index (χ3n) is 6.42. The Balaban J connectivity index is 1.58. The summed E-state index contributed by atoms with van der Waals surface area (Å²) >= 11 is 0. The van der Waals surface area contributed by atoms with Gasteiger partial charge < -0.3 is 15.0 Å². The summed E-state index contributed by atoms with van der Waals surface area (Å²) < 4.78 is 5.99. The standard InChI is InChI=1S/C24H28N2O/c1-14(2)17-7-8-21-20(13-17)19-9-11-25-22(23(19)26-21)15(3)18-6-4-5-16-10-12-27-24(16)18/h4-8,13-15,22,25-26H,9-12H2,1-3H3. The first-order chi connectivity index (χ1) is 13.1. The number of hydrogen-bond donors (Lipinski definition) is 2. The van der Waals surface area contributed by atoms with Crippen LogP contribution in [0.3, 0.4) is 0 Å². The first-order valence-electron chi connectivity index (χ1n) is 10.3. The van der Waals surface area contributed by atoms with E-state index in [1.807, 2.05) is 0 Å². The van der Waals surface area contributed by atoms with Gasteiger partial charge in [-0.3, -0.25) is 0 Å². The van der Waals surface area contributed by atoms with Crippen LogP contribution in [0, 0.1) is 0 Å². The average molecular weight is 361 g/mol. The maximum Gasteiger partial charge on any atom is 0.126 e. The SMILES string of the molecule is CC(C)c1ccc2[nH]c3c(c2c1)CCNC3C(C)c1cccc2c1OCC2. The first kappa shape index (κ1) is 16.9. The highest BCUT2D eigenvalue weighted by Crippen LogP contribution is 2.42. The van der Waals surface area contributed by atoms with Crippen LogP contribution in [0.5, 0.6) is 5.75 Å². The zero-order chi connectivity index (χ0) is 18.5. The average Bonchev–Trinajstić information content (AvgIpc) is 3.30. The van der Waals surface area contributed by atoms with Gasteiger partial charge in [-0.1, -0.05) is 45.0 Å². The zero-order valence-electron chi connectivity index (χ0n) is 16.4. The highest BCUT2D eigenvalue weighted by molar-refractivity contribution is 5.86. The fourth-order valence-corrected chi connectivity index (χ4v) is 4.84. The second-order valence-corrected chi connectivity index (χ2v) is 8.38. The van der Waals surface area contributed by atoms with E-state index in [2.05, 4.69) is 67.5 Å². The smallest absolute Gasteiger partial charge is 0.126 e. The number of para-hydroxylation sites is 1. The van der Waals surface area contributed by atoms with E-state index in [1.165, 1.54) is 38.9 Å². The molecule has 2 unspecified atom stereocenters. The van der Waals surface area contributed by atoms with E-state index >= 15 is 0 Å². The normalized spacial score (nSPS) is 19.8. The van der Waals surface area contributed by atoms with Gasteiger partial charge in [-0.05, 0) is 53.3 Å². The summed E-state index contributed by atoms with van der Waals surface area (Å²) in [5.74, 6) is 2.03. The van der Waals surface area contributed by atoms with Gasteiger partial charge in [0.25, 0.3) is 0 Å². The molecule has 0 fully saturated rings. The molecule has 3 heteroatoms. The lowest BCUT2D eigenvalue weighted by Crippen LogP contribution is -2.33. The first-order valence-corrected chi connectivity index (χ1v) is 10.3. The molecule has 2 aliphatic heterocycles. The number of H-pyrrole nitrogens is 1. The number of hydrogen-bond acceptors (Lipinski definition) is 2. The van der Waals surface area contributed by atoms with Gasteiger partial charge in [-0.25, -0.2) is 0 Å². The molecule has 3 nitrogen and oxygen atoms in total. The van der Waals surface area contributed by atoms with Crippen LogP contribution in [0.4, 0.5) is 0 Å². The molecule has 0 saturated carbocycles. The Morgan fingerprint density at radius 2 is 1.96 bits per heavy atom. The second-order valence-electron chi connectivity index (χ2n) is 8.38. The van der Waals surface area contributed by atoms with E-state index in [-0.39, 0.29) is 0 Å². The fraction of sp³-hybridized carbons (Fsp3) is 0.417. The molecule has 0 saturated heterocycles. The van der Waals surface area contributed by atoms with Crippen molar-refractivity contribution in [3.63, 3.8) is 0 Å². The van der Waals surface area contributed by atoms with Crippen molar-refractivity contribution in [2.45, 2.75) is 51.5 Å². The Morgan fingerprint density at radius 3 is 2.81 bits per heavy atom. The van der Waals surface area contributed by atoms with E-state index in [4.69, 9.17) is 4.74 Å². The third-order valence-corrected chi connectivity index (χ3v) is 6.42. The number of aromatic amines is 1. The summed E-state index contributed by atoms with van der Waals surface area (Å²) in [6.45, 7) is 8.70. The fourth-order valence-electron chi connectivity index (χ4n) is 4.84. The van der Waals surface area contributed by atoms with Crippen LogP contribution in [-0.4, -0.2) is 18.1 Å². The molecule has 0 aliphatic carbocycles. The minimum absolute atomic E-state index is 0.291. The molecule has 140 valence electrons. The second kappa shape index (κ2) is 6.42. The monoisotopic (exact) mass is 360 g/mol. The van der Waals surface area contributed by atoms with E-state index in [9.17, 15) is 0 Å².